The van der Waals surface area contributed by atoms with E-state index in [0.29, 0.717) is 23.2 Å². The molecular formula is C52H35N7S. The van der Waals surface area contributed by atoms with Crippen LogP contribution < -0.4 is 0 Å². The number of nitrogens with zero attached hydrogens (tertiary/aromatic N) is 7. The zero-order valence-corrected chi connectivity index (χ0v) is 33.4. The lowest BCUT2D eigenvalue weighted by Crippen LogP contribution is -2.01. The first-order chi connectivity index (χ1) is 29.6. The molecule has 0 radical (unpaired) electrons. The van der Waals surface area contributed by atoms with Crippen molar-refractivity contribution in [2.24, 2.45) is 9.98 Å². The Hall–Kier alpha value is -7.81. The van der Waals surface area contributed by atoms with Gasteiger partial charge in [-0.1, -0.05) is 158 Å². The third-order valence-corrected chi connectivity index (χ3v) is 11.6. The number of fused-ring (bicyclic) bond motifs is 2. The highest BCUT2D eigenvalue weighted by Gasteiger charge is 2.21. The number of hydrogen-bond acceptors (Lipinski definition) is 8. The van der Waals surface area contributed by atoms with Crippen molar-refractivity contribution in [2.45, 2.75) is 0 Å². The van der Waals surface area contributed by atoms with E-state index < -0.39 is 0 Å². The first-order valence-corrected chi connectivity index (χ1v) is 20.4. The molecule has 0 unspecified atom stereocenters. The smallest absolute Gasteiger partial charge is 0.164 e. The van der Waals surface area contributed by atoms with E-state index in [1.165, 1.54) is 11.3 Å². The van der Waals surface area contributed by atoms with Gasteiger partial charge in [-0.15, -0.1) is 11.3 Å². The van der Waals surface area contributed by atoms with Crippen molar-refractivity contribution in [3.63, 3.8) is 0 Å². The van der Waals surface area contributed by atoms with Crippen molar-refractivity contribution in [1.82, 2.24) is 24.9 Å². The number of aliphatic imine (C=N–C) groups is 2. The summed E-state index contributed by atoms with van der Waals surface area (Å²) in [5.74, 6) is 1.86. The number of thiophene rings is 1. The molecule has 0 saturated heterocycles. The van der Waals surface area contributed by atoms with Crippen molar-refractivity contribution >= 4 is 50.8 Å². The highest BCUT2D eigenvalue weighted by atomic mass is 32.1. The molecule has 0 spiro atoms. The number of benzene rings is 7. The summed E-state index contributed by atoms with van der Waals surface area (Å²) >= 11 is 1.54. The molecule has 60 heavy (non-hydrogen) atoms. The van der Waals surface area contributed by atoms with E-state index in [-0.39, 0.29) is 0 Å². The summed E-state index contributed by atoms with van der Waals surface area (Å²) in [6, 6.07) is 62.1. The van der Waals surface area contributed by atoms with E-state index in [1.807, 2.05) is 67.7 Å². The molecule has 3 heterocycles. The van der Waals surface area contributed by atoms with Gasteiger partial charge in [0.15, 0.2) is 17.5 Å². The Morgan fingerprint density at radius 1 is 0.433 bits per heavy atom. The fourth-order valence-corrected chi connectivity index (χ4v) is 8.60. The maximum Gasteiger partial charge on any atom is 0.164 e. The molecular weight excluding hydrogens is 755 g/mol. The molecule has 7 nitrogen and oxygen atoms in total. The Kier molecular flexibility index (Phi) is 9.65. The van der Waals surface area contributed by atoms with Gasteiger partial charge >= 0.3 is 0 Å². The fraction of sp³-hybridized carbons (Fsp3) is 0.0192. The number of rotatable bonds is 9. The van der Waals surface area contributed by atoms with Crippen LogP contribution in [0.15, 0.2) is 192 Å². The second-order valence-corrected chi connectivity index (χ2v) is 15.2. The van der Waals surface area contributed by atoms with Crippen LogP contribution in [-0.2, 0) is 0 Å². The van der Waals surface area contributed by atoms with Crippen LogP contribution >= 0.6 is 11.3 Å². The average Bonchev–Trinajstić information content (AvgIpc) is 3.68. The highest BCUT2D eigenvalue weighted by Crippen LogP contribution is 2.39. The molecule has 7 aromatic carbocycles. The summed E-state index contributed by atoms with van der Waals surface area (Å²) in [5, 5.41) is 0. The van der Waals surface area contributed by atoms with Crippen molar-refractivity contribution in [3.05, 3.63) is 192 Å². The van der Waals surface area contributed by atoms with Gasteiger partial charge < -0.3 is 0 Å². The quantitative estimate of drug-likeness (QED) is 0.136. The Labute approximate surface area is 351 Å². The zero-order valence-electron chi connectivity index (χ0n) is 32.6. The first kappa shape index (κ1) is 36.5. The van der Waals surface area contributed by atoms with Crippen LogP contribution in [0.25, 0.3) is 88.9 Å². The van der Waals surface area contributed by atoms with Crippen LogP contribution in [0.5, 0.6) is 0 Å². The molecule has 0 aliphatic carbocycles. The van der Waals surface area contributed by atoms with E-state index in [9.17, 15) is 0 Å². The van der Waals surface area contributed by atoms with Crippen molar-refractivity contribution in [3.8, 4) is 67.5 Å². The Balaban J connectivity index is 0.954. The van der Waals surface area contributed by atoms with Gasteiger partial charge in [0.05, 0.1) is 21.6 Å². The van der Waals surface area contributed by atoms with Crippen LogP contribution in [0, 0.1) is 0 Å². The van der Waals surface area contributed by atoms with E-state index >= 15 is 0 Å². The lowest BCUT2D eigenvalue weighted by Gasteiger charge is -2.11. The third kappa shape index (κ3) is 7.06. The second-order valence-electron chi connectivity index (χ2n) is 14.2. The average molecular weight is 790 g/mol. The SMILES string of the molecule is C=Nc1c(/C(=N\C)c2cccc(-c3ccc(-c4cccc(-c5nc(-c6ccccc6)nc(-c6ccc(-c7ccccc7)cc6)n5)c4)cc3)c2)sc2nc3ccccc3nc12. The summed E-state index contributed by atoms with van der Waals surface area (Å²) in [6.45, 7) is 3.89. The maximum atomic E-state index is 5.03. The summed E-state index contributed by atoms with van der Waals surface area (Å²) in [7, 11) is 1.81. The van der Waals surface area contributed by atoms with Gasteiger partial charge in [-0.3, -0.25) is 9.98 Å². The Morgan fingerprint density at radius 3 is 1.50 bits per heavy atom. The Morgan fingerprint density at radius 2 is 0.883 bits per heavy atom. The minimum Gasteiger partial charge on any atom is -0.286 e. The van der Waals surface area contributed by atoms with Crippen LogP contribution in [-0.4, -0.2) is 44.4 Å². The summed E-state index contributed by atoms with van der Waals surface area (Å²) < 4.78 is 0. The maximum absolute atomic E-state index is 5.03. The second kappa shape index (κ2) is 15.9. The van der Waals surface area contributed by atoms with Gasteiger partial charge in [0, 0.05) is 29.3 Å². The van der Waals surface area contributed by atoms with E-state index in [4.69, 9.17) is 29.9 Å². The van der Waals surface area contributed by atoms with E-state index in [1.54, 1.807) is 0 Å². The predicted molar refractivity (Wildman–Crippen MR) is 248 cm³/mol. The fourth-order valence-electron chi connectivity index (χ4n) is 7.46. The van der Waals surface area contributed by atoms with Crippen molar-refractivity contribution in [2.75, 3.05) is 7.05 Å². The van der Waals surface area contributed by atoms with Gasteiger partial charge in [-0.2, -0.15) is 0 Å². The van der Waals surface area contributed by atoms with E-state index in [2.05, 4.69) is 133 Å². The topological polar surface area (TPSA) is 89.2 Å². The molecule has 0 saturated carbocycles. The van der Waals surface area contributed by atoms with Crippen LogP contribution in [0.2, 0.25) is 0 Å². The molecule has 0 aliphatic heterocycles. The molecule has 8 heteroatoms. The molecule has 0 aliphatic rings. The lowest BCUT2D eigenvalue weighted by atomic mass is 9.97. The number of aromatic nitrogens is 5. The standard InChI is InChI=1S/C52H35N7S/c1-53-45(48-46(54-2)47-52(60-48)56-44-22-10-9-21-43(44)55-47)41-19-11-17-39(31-41)35-23-25-36(26-24-35)40-18-12-20-42(32-40)51-58-49(37-15-7-4-8-16-37)57-50(59-51)38-29-27-34(28-30-38)33-13-5-3-6-14-33/h3-32H,2H2,1H3/b53-45-. The minimum absolute atomic E-state index is 0.614. The molecule has 0 amide bonds. The van der Waals surface area contributed by atoms with Crippen LogP contribution in [0.1, 0.15) is 10.4 Å². The normalized spacial score (nSPS) is 11.6. The molecule has 0 N–H and O–H groups in total. The van der Waals surface area contributed by atoms with Gasteiger partial charge in [0.25, 0.3) is 0 Å². The van der Waals surface area contributed by atoms with Gasteiger partial charge in [0.1, 0.15) is 16.0 Å². The molecule has 10 aromatic rings. The summed E-state index contributed by atoms with van der Waals surface area (Å²) in [5.41, 5.74) is 14.3. The molecule has 0 fully saturated rings. The lowest BCUT2D eigenvalue weighted by molar-refractivity contribution is 1.07. The van der Waals surface area contributed by atoms with Crippen LogP contribution in [0.3, 0.4) is 0 Å². The number of hydrogen-bond donors (Lipinski definition) is 0. The largest absolute Gasteiger partial charge is 0.286 e. The Bertz CT molecular complexity index is 3210. The van der Waals surface area contributed by atoms with Crippen molar-refractivity contribution < 1.29 is 0 Å². The predicted octanol–water partition coefficient (Wildman–Crippen LogP) is 12.8. The molecule has 10 rings (SSSR count). The molecule has 0 atom stereocenters. The first-order valence-electron chi connectivity index (χ1n) is 19.5. The van der Waals surface area contributed by atoms with Gasteiger partial charge in [0.2, 0.25) is 0 Å². The molecule has 3 aromatic heterocycles. The summed E-state index contributed by atoms with van der Waals surface area (Å²) in [6.07, 6.45) is 0. The van der Waals surface area contributed by atoms with Crippen molar-refractivity contribution in [1.29, 1.82) is 0 Å². The third-order valence-electron chi connectivity index (χ3n) is 10.5. The van der Waals surface area contributed by atoms with Crippen LogP contribution in [0.4, 0.5) is 5.69 Å². The minimum atomic E-state index is 0.614. The highest BCUT2D eigenvalue weighted by molar-refractivity contribution is 7.21. The van der Waals surface area contributed by atoms with Gasteiger partial charge in [-0.05, 0) is 64.4 Å². The van der Waals surface area contributed by atoms with E-state index in [0.717, 1.165) is 87.6 Å². The molecule has 284 valence electrons. The summed E-state index contributed by atoms with van der Waals surface area (Å²) in [4.78, 5) is 35.6. The zero-order chi connectivity index (χ0) is 40.4. The number of para-hydroxylation sites is 2. The molecule has 0 bridgehead atoms. The van der Waals surface area contributed by atoms with Gasteiger partial charge in [-0.25, -0.2) is 24.9 Å². The monoisotopic (exact) mass is 789 g/mol.